The molecule has 0 unspecified atom stereocenters. The highest BCUT2D eigenvalue weighted by Crippen LogP contribution is 2.35. The Bertz CT molecular complexity index is 856. The summed E-state index contributed by atoms with van der Waals surface area (Å²) in [5, 5.41) is 0. The third kappa shape index (κ3) is 5.52. The highest BCUT2D eigenvalue weighted by atomic mass is 16.5. The Kier molecular flexibility index (Phi) is 6.55. The van der Waals surface area contributed by atoms with Crippen LogP contribution in [0.2, 0.25) is 0 Å². The number of ether oxygens (including phenoxy) is 3. The minimum absolute atomic E-state index is 0.384. The molecule has 4 N–H and O–H groups in total. The van der Waals surface area contributed by atoms with Crippen molar-refractivity contribution in [2.75, 3.05) is 6.61 Å². The van der Waals surface area contributed by atoms with Crippen molar-refractivity contribution in [3.63, 3.8) is 0 Å². The second kappa shape index (κ2) is 9.49. The maximum absolute atomic E-state index is 12.7. The molecule has 160 valence electrons. The van der Waals surface area contributed by atoms with Gasteiger partial charge in [0, 0.05) is 0 Å². The van der Waals surface area contributed by atoms with Crippen LogP contribution < -0.4 is 25.7 Å². The topological polar surface area (TPSA) is 96.8 Å². The molecule has 0 radical (unpaired) electrons. The maximum atomic E-state index is 12.7. The van der Waals surface area contributed by atoms with Crippen molar-refractivity contribution in [3.8, 4) is 17.2 Å². The fourth-order valence-corrected chi connectivity index (χ4v) is 3.89. The normalized spacial score (nSPS) is 17.0. The van der Waals surface area contributed by atoms with E-state index in [0.717, 1.165) is 12.8 Å². The monoisotopic (exact) mass is 410 g/mol. The van der Waals surface area contributed by atoms with Crippen LogP contribution in [0.25, 0.3) is 0 Å². The molecule has 0 aliphatic heterocycles. The van der Waals surface area contributed by atoms with Crippen LogP contribution in [-0.2, 0) is 0 Å². The third-order valence-electron chi connectivity index (χ3n) is 5.78. The van der Waals surface area contributed by atoms with Crippen LogP contribution in [0.3, 0.4) is 0 Å². The molecule has 0 bridgehead atoms. The average Bonchev–Trinajstić information content (AvgIpc) is 3.58. The molecule has 4 rings (SSSR count). The van der Waals surface area contributed by atoms with E-state index >= 15 is 0 Å². The van der Waals surface area contributed by atoms with Gasteiger partial charge in [0.25, 0.3) is 0 Å². The molecule has 2 aromatic carbocycles. The summed E-state index contributed by atoms with van der Waals surface area (Å²) in [7, 11) is 0. The van der Waals surface area contributed by atoms with Crippen molar-refractivity contribution in [2.45, 2.75) is 57.2 Å². The Morgan fingerprint density at radius 3 is 2.33 bits per heavy atom. The van der Waals surface area contributed by atoms with E-state index in [1.807, 2.05) is 12.1 Å². The molecule has 2 aromatic rings. The largest absolute Gasteiger partial charge is 0.489 e. The molecule has 0 saturated heterocycles. The first-order valence-corrected chi connectivity index (χ1v) is 10.9. The number of esters is 1. The van der Waals surface area contributed by atoms with Crippen LogP contribution in [0.5, 0.6) is 17.2 Å². The van der Waals surface area contributed by atoms with Crippen LogP contribution in [0.15, 0.2) is 42.5 Å². The molecule has 2 aliphatic rings. The predicted molar refractivity (Wildman–Crippen MR) is 115 cm³/mol. The number of nitrogens with two attached hydrogens (primary N) is 2. The van der Waals surface area contributed by atoms with Gasteiger partial charge in [-0.15, -0.1) is 0 Å². The first-order valence-electron chi connectivity index (χ1n) is 10.9. The number of benzene rings is 2. The minimum Gasteiger partial charge on any atom is -0.489 e. The van der Waals surface area contributed by atoms with Gasteiger partial charge in [0.05, 0.1) is 12.2 Å². The summed E-state index contributed by atoms with van der Waals surface area (Å²) in [5.74, 6) is 2.13. The molecular weight excluding hydrogens is 380 g/mol. The lowest BCUT2D eigenvalue weighted by atomic mass is 9.84. The summed E-state index contributed by atoms with van der Waals surface area (Å²) >= 11 is 0. The zero-order chi connectivity index (χ0) is 20.9. The highest BCUT2D eigenvalue weighted by Gasteiger charge is 2.23. The zero-order valence-corrected chi connectivity index (χ0v) is 17.2. The Labute approximate surface area is 177 Å². The smallest absolute Gasteiger partial charge is 0.343 e. The second-order valence-electron chi connectivity index (χ2n) is 8.29. The van der Waals surface area contributed by atoms with Crippen LogP contribution >= 0.6 is 0 Å². The van der Waals surface area contributed by atoms with E-state index in [1.165, 1.54) is 37.7 Å². The number of hydrogen-bond donors (Lipinski definition) is 2. The lowest BCUT2D eigenvalue weighted by molar-refractivity contribution is 0.0734. The lowest BCUT2D eigenvalue weighted by Crippen LogP contribution is -2.36. The molecule has 2 saturated carbocycles. The predicted octanol–water partition coefficient (Wildman–Crippen LogP) is 4.32. The summed E-state index contributed by atoms with van der Waals surface area (Å²) in [5.41, 5.74) is 12.8. The zero-order valence-electron chi connectivity index (χ0n) is 17.2. The third-order valence-corrected chi connectivity index (χ3v) is 5.78. The molecule has 0 spiro atoms. The Hall–Kier alpha value is -2.57. The molecule has 30 heavy (non-hydrogen) atoms. The van der Waals surface area contributed by atoms with Crippen LogP contribution in [-0.4, -0.2) is 18.9 Å². The molecule has 0 heterocycles. The molecule has 6 heteroatoms. The Morgan fingerprint density at radius 1 is 0.933 bits per heavy atom. The van der Waals surface area contributed by atoms with Crippen LogP contribution in [0, 0.1) is 5.92 Å². The van der Waals surface area contributed by atoms with Crippen molar-refractivity contribution in [1.29, 1.82) is 0 Å². The maximum Gasteiger partial charge on any atom is 0.343 e. The molecule has 0 atom stereocenters. The van der Waals surface area contributed by atoms with Gasteiger partial charge in [-0.3, -0.25) is 11.5 Å². The van der Waals surface area contributed by atoms with E-state index in [4.69, 9.17) is 25.7 Å². The highest BCUT2D eigenvalue weighted by molar-refractivity contribution is 5.91. The van der Waals surface area contributed by atoms with Crippen LogP contribution in [0.4, 0.5) is 0 Å². The van der Waals surface area contributed by atoms with Gasteiger partial charge < -0.3 is 14.2 Å². The second-order valence-corrected chi connectivity index (χ2v) is 8.29. The van der Waals surface area contributed by atoms with Gasteiger partial charge in [-0.2, -0.15) is 0 Å². The van der Waals surface area contributed by atoms with Crippen molar-refractivity contribution in [1.82, 2.24) is 0 Å². The first-order chi connectivity index (χ1) is 14.6. The van der Waals surface area contributed by atoms with Crippen LogP contribution in [0.1, 0.15) is 66.8 Å². The van der Waals surface area contributed by atoms with Gasteiger partial charge in [0.2, 0.25) is 6.35 Å². The van der Waals surface area contributed by atoms with Gasteiger partial charge in [-0.1, -0.05) is 31.4 Å². The molecular formula is C24H30N2O4. The summed E-state index contributed by atoms with van der Waals surface area (Å²) in [6.07, 6.45) is 7.75. The van der Waals surface area contributed by atoms with E-state index in [1.54, 1.807) is 18.2 Å². The minimum atomic E-state index is -0.964. The Balaban J connectivity index is 1.43. The number of carbonyl (C=O) groups is 1. The molecule has 0 aromatic heterocycles. The number of rotatable bonds is 8. The quantitative estimate of drug-likeness (QED) is 0.382. The fourth-order valence-electron chi connectivity index (χ4n) is 3.89. The SMILES string of the molecule is NC(N)Oc1ccc(C(=O)Oc2ccc(C3CCCCC3)cc2)cc1OCC1CC1. The first kappa shape index (κ1) is 20.7. The summed E-state index contributed by atoms with van der Waals surface area (Å²) < 4.78 is 16.8. The lowest BCUT2D eigenvalue weighted by Gasteiger charge is -2.22. The standard InChI is InChI=1S/C24H30N2O4/c25-24(26)30-21-13-10-19(14-22(21)28-15-16-6-7-16)23(27)29-20-11-8-18(9-12-20)17-4-2-1-3-5-17/h8-14,16-17,24H,1-7,15,25-26H2. The number of carbonyl (C=O) groups excluding carboxylic acids is 1. The molecule has 2 aliphatic carbocycles. The van der Waals surface area contributed by atoms with Gasteiger partial charge in [0.15, 0.2) is 11.5 Å². The van der Waals surface area contributed by atoms with E-state index in [2.05, 4.69) is 12.1 Å². The number of hydrogen-bond acceptors (Lipinski definition) is 6. The Morgan fingerprint density at radius 2 is 1.67 bits per heavy atom. The van der Waals surface area contributed by atoms with Gasteiger partial charge in [0.1, 0.15) is 5.75 Å². The molecule has 6 nitrogen and oxygen atoms in total. The van der Waals surface area contributed by atoms with E-state index in [0.29, 0.717) is 41.3 Å². The molecule has 0 amide bonds. The van der Waals surface area contributed by atoms with E-state index < -0.39 is 12.3 Å². The van der Waals surface area contributed by atoms with E-state index in [9.17, 15) is 4.79 Å². The van der Waals surface area contributed by atoms with Crippen molar-refractivity contribution in [2.24, 2.45) is 17.4 Å². The van der Waals surface area contributed by atoms with Gasteiger partial charge in [-0.25, -0.2) is 4.79 Å². The molecule has 2 fully saturated rings. The van der Waals surface area contributed by atoms with Gasteiger partial charge >= 0.3 is 5.97 Å². The fraction of sp³-hybridized carbons (Fsp3) is 0.458. The van der Waals surface area contributed by atoms with Crippen molar-refractivity contribution in [3.05, 3.63) is 53.6 Å². The summed E-state index contributed by atoms with van der Waals surface area (Å²) in [4.78, 5) is 12.7. The summed E-state index contributed by atoms with van der Waals surface area (Å²) in [6, 6.07) is 12.8. The van der Waals surface area contributed by atoms with Crippen molar-refractivity contribution < 1.29 is 19.0 Å². The average molecular weight is 411 g/mol. The van der Waals surface area contributed by atoms with Gasteiger partial charge in [-0.05, 0) is 73.4 Å². The van der Waals surface area contributed by atoms with Crippen molar-refractivity contribution >= 4 is 5.97 Å². The van der Waals surface area contributed by atoms with E-state index in [-0.39, 0.29) is 0 Å². The summed E-state index contributed by atoms with van der Waals surface area (Å²) in [6.45, 7) is 0.581.